The van der Waals surface area contributed by atoms with Gasteiger partial charge in [-0.3, -0.25) is 9.59 Å². The van der Waals surface area contributed by atoms with Gasteiger partial charge in [-0.2, -0.15) is 13.2 Å². The Kier molecular flexibility index (Phi) is 8.09. The zero-order valence-corrected chi connectivity index (χ0v) is 18.9. The van der Waals surface area contributed by atoms with E-state index in [-0.39, 0.29) is 48.7 Å². The van der Waals surface area contributed by atoms with Gasteiger partial charge in [-0.1, -0.05) is 26.0 Å². The SMILES string of the molecule is CCOC(=O)C1=C(C)N(CC(=O)NC(C)C(C)C)C(=O)CC1c1ccc(C(F)(F)F)cc1. The molecule has 2 amide bonds. The number of alkyl halides is 3. The predicted molar refractivity (Wildman–Crippen MR) is 112 cm³/mol. The zero-order chi connectivity index (χ0) is 24.2. The molecule has 1 aliphatic rings. The minimum atomic E-state index is -4.49. The van der Waals surface area contributed by atoms with Gasteiger partial charge in [0.1, 0.15) is 6.54 Å². The molecule has 0 spiro atoms. The Hall–Kier alpha value is -2.84. The number of rotatable bonds is 7. The third-order valence-electron chi connectivity index (χ3n) is 5.65. The lowest BCUT2D eigenvalue weighted by molar-refractivity contribution is -0.141. The van der Waals surface area contributed by atoms with Gasteiger partial charge in [0.15, 0.2) is 0 Å². The number of benzene rings is 1. The molecular weight excluding hydrogens is 425 g/mol. The van der Waals surface area contributed by atoms with Crippen molar-refractivity contribution in [1.29, 1.82) is 0 Å². The minimum Gasteiger partial charge on any atom is -0.463 e. The van der Waals surface area contributed by atoms with Crippen LogP contribution in [-0.4, -0.2) is 41.9 Å². The number of halogens is 3. The number of nitrogens with one attached hydrogen (secondary N) is 1. The van der Waals surface area contributed by atoms with Crippen molar-refractivity contribution in [1.82, 2.24) is 10.2 Å². The molecule has 9 heteroatoms. The van der Waals surface area contributed by atoms with Crippen molar-refractivity contribution in [2.75, 3.05) is 13.2 Å². The summed E-state index contributed by atoms with van der Waals surface area (Å²) in [5.41, 5.74) is -0.00140. The van der Waals surface area contributed by atoms with Gasteiger partial charge in [-0.25, -0.2) is 4.79 Å². The highest BCUT2D eigenvalue weighted by molar-refractivity contribution is 5.97. The lowest BCUT2D eigenvalue weighted by Crippen LogP contribution is -2.46. The summed E-state index contributed by atoms with van der Waals surface area (Å²) in [6, 6.07) is 4.27. The van der Waals surface area contributed by atoms with Crippen LogP contribution < -0.4 is 5.32 Å². The lowest BCUT2D eigenvalue weighted by Gasteiger charge is -2.34. The van der Waals surface area contributed by atoms with Crippen molar-refractivity contribution in [2.24, 2.45) is 5.92 Å². The van der Waals surface area contributed by atoms with Crippen LogP contribution in [0, 0.1) is 5.92 Å². The summed E-state index contributed by atoms with van der Waals surface area (Å²) in [6.45, 7) is 8.77. The van der Waals surface area contributed by atoms with E-state index in [1.54, 1.807) is 13.8 Å². The summed E-state index contributed by atoms with van der Waals surface area (Å²) in [5, 5.41) is 2.82. The molecule has 176 valence electrons. The number of carbonyl (C=O) groups is 3. The van der Waals surface area contributed by atoms with Crippen LogP contribution in [0.3, 0.4) is 0 Å². The molecule has 0 saturated heterocycles. The summed E-state index contributed by atoms with van der Waals surface area (Å²) in [6.07, 6.45) is -4.65. The number of hydrogen-bond acceptors (Lipinski definition) is 4. The second kappa shape index (κ2) is 10.2. The molecule has 2 rings (SSSR count). The standard InChI is InChI=1S/C23H29F3N2O4/c1-6-32-22(31)21-15(5)28(12-19(29)27-14(4)13(2)3)20(30)11-18(21)16-7-9-17(10-8-16)23(24,25)26/h7-10,13-14,18H,6,11-12H2,1-5H3,(H,27,29). The highest BCUT2D eigenvalue weighted by Gasteiger charge is 2.38. The van der Waals surface area contributed by atoms with Crippen LogP contribution in [-0.2, 0) is 25.3 Å². The highest BCUT2D eigenvalue weighted by Crippen LogP contribution is 2.38. The van der Waals surface area contributed by atoms with E-state index in [1.165, 1.54) is 17.0 Å². The molecule has 6 nitrogen and oxygen atoms in total. The van der Waals surface area contributed by atoms with Crippen LogP contribution in [0.5, 0.6) is 0 Å². The normalized spacial score (nSPS) is 18.1. The maximum atomic E-state index is 12.9. The Morgan fingerprint density at radius 3 is 2.28 bits per heavy atom. The monoisotopic (exact) mass is 454 g/mol. The lowest BCUT2D eigenvalue weighted by atomic mass is 9.83. The number of hydrogen-bond donors (Lipinski definition) is 1. The molecule has 32 heavy (non-hydrogen) atoms. The first-order chi connectivity index (χ1) is 14.9. The van der Waals surface area contributed by atoms with Crippen molar-refractivity contribution in [3.63, 3.8) is 0 Å². The molecule has 0 bridgehead atoms. The number of allylic oxidation sites excluding steroid dienone is 1. The van der Waals surface area contributed by atoms with Crippen LogP contribution in [0.25, 0.3) is 0 Å². The first kappa shape index (κ1) is 25.4. The average Bonchev–Trinajstić information content (AvgIpc) is 2.70. The average molecular weight is 454 g/mol. The molecule has 2 atom stereocenters. The van der Waals surface area contributed by atoms with Crippen LogP contribution in [0.15, 0.2) is 35.5 Å². The molecule has 0 aromatic heterocycles. The van der Waals surface area contributed by atoms with Gasteiger partial charge in [-0.15, -0.1) is 0 Å². The highest BCUT2D eigenvalue weighted by atomic mass is 19.4. The van der Waals surface area contributed by atoms with Crippen molar-refractivity contribution in [3.05, 3.63) is 46.7 Å². The van der Waals surface area contributed by atoms with Crippen LogP contribution in [0.1, 0.15) is 58.1 Å². The molecule has 0 fully saturated rings. The van der Waals surface area contributed by atoms with E-state index in [0.29, 0.717) is 5.56 Å². The smallest absolute Gasteiger partial charge is 0.416 e. The van der Waals surface area contributed by atoms with Gasteiger partial charge in [-0.05, 0) is 44.4 Å². The van der Waals surface area contributed by atoms with Crippen molar-refractivity contribution < 1.29 is 32.3 Å². The van der Waals surface area contributed by atoms with E-state index in [4.69, 9.17) is 4.74 Å². The molecule has 1 aromatic rings. The fourth-order valence-electron chi connectivity index (χ4n) is 3.48. The molecule has 1 N–H and O–H groups in total. The van der Waals surface area contributed by atoms with E-state index in [1.807, 2.05) is 20.8 Å². The van der Waals surface area contributed by atoms with Gasteiger partial charge >= 0.3 is 12.1 Å². The Balaban J connectivity index is 2.40. The number of esters is 1. The van der Waals surface area contributed by atoms with Gasteiger partial charge in [0.2, 0.25) is 11.8 Å². The second-order valence-electron chi connectivity index (χ2n) is 8.18. The largest absolute Gasteiger partial charge is 0.463 e. The number of nitrogens with zero attached hydrogens (tertiary/aromatic N) is 1. The first-order valence-electron chi connectivity index (χ1n) is 10.5. The van der Waals surface area contributed by atoms with E-state index >= 15 is 0 Å². The van der Waals surface area contributed by atoms with Gasteiger partial charge < -0.3 is 15.0 Å². The summed E-state index contributed by atoms with van der Waals surface area (Å²) >= 11 is 0. The van der Waals surface area contributed by atoms with E-state index in [2.05, 4.69) is 5.32 Å². The van der Waals surface area contributed by atoms with Crippen LogP contribution >= 0.6 is 0 Å². The van der Waals surface area contributed by atoms with E-state index in [9.17, 15) is 27.6 Å². The van der Waals surface area contributed by atoms with Gasteiger partial charge in [0, 0.05) is 24.1 Å². The molecule has 1 aliphatic heterocycles. The van der Waals surface area contributed by atoms with Crippen molar-refractivity contribution >= 4 is 17.8 Å². The number of ether oxygens (including phenoxy) is 1. The second-order valence-corrected chi connectivity index (χ2v) is 8.18. The zero-order valence-electron chi connectivity index (χ0n) is 18.9. The summed E-state index contributed by atoms with van der Waals surface area (Å²) < 4.78 is 43.9. The minimum absolute atomic E-state index is 0.0929. The quantitative estimate of drug-likeness (QED) is 0.632. The number of amides is 2. The molecular formula is C23H29F3N2O4. The van der Waals surface area contributed by atoms with Gasteiger partial charge in [0.25, 0.3) is 0 Å². The molecule has 1 heterocycles. The summed E-state index contributed by atoms with van der Waals surface area (Å²) in [4.78, 5) is 39.3. The van der Waals surface area contributed by atoms with Gasteiger partial charge in [0.05, 0.1) is 17.7 Å². The third kappa shape index (κ3) is 5.89. The Morgan fingerprint density at radius 2 is 1.78 bits per heavy atom. The Bertz CT molecular complexity index is 891. The maximum absolute atomic E-state index is 12.9. The summed E-state index contributed by atoms with van der Waals surface area (Å²) in [5.74, 6) is -1.99. The molecule has 1 aromatic carbocycles. The maximum Gasteiger partial charge on any atom is 0.416 e. The Morgan fingerprint density at radius 1 is 1.19 bits per heavy atom. The predicted octanol–water partition coefficient (Wildman–Crippen LogP) is 4.02. The Labute approximate surface area is 185 Å². The van der Waals surface area contributed by atoms with Crippen molar-refractivity contribution in [2.45, 2.75) is 59.2 Å². The van der Waals surface area contributed by atoms with Crippen LogP contribution in [0.2, 0.25) is 0 Å². The first-order valence-corrected chi connectivity index (χ1v) is 10.5. The van der Waals surface area contributed by atoms with Crippen LogP contribution in [0.4, 0.5) is 13.2 Å². The fourth-order valence-corrected chi connectivity index (χ4v) is 3.48. The number of carbonyl (C=O) groups excluding carboxylic acids is 3. The fraction of sp³-hybridized carbons (Fsp3) is 0.522. The van der Waals surface area contributed by atoms with E-state index in [0.717, 1.165) is 12.1 Å². The third-order valence-corrected chi connectivity index (χ3v) is 5.65. The summed E-state index contributed by atoms with van der Waals surface area (Å²) in [7, 11) is 0. The molecule has 0 radical (unpaired) electrons. The molecule has 0 saturated carbocycles. The molecule has 0 aliphatic carbocycles. The van der Waals surface area contributed by atoms with E-state index < -0.39 is 29.5 Å². The van der Waals surface area contributed by atoms with Crippen molar-refractivity contribution in [3.8, 4) is 0 Å². The topological polar surface area (TPSA) is 75.7 Å². The molecule has 2 unspecified atom stereocenters.